The molecule has 0 unspecified atom stereocenters. The van der Waals surface area contributed by atoms with E-state index < -0.39 is 0 Å². The maximum absolute atomic E-state index is 12.4. The van der Waals surface area contributed by atoms with E-state index in [2.05, 4.69) is 15.3 Å². The van der Waals surface area contributed by atoms with Gasteiger partial charge < -0.3 is 5.32 Å². The molecule has 5 nitrogen and oxygen atoms in total. The number of nitrogens with zero attached hydrogens (tertiary/aromatic N) is 3. The highest BCUT2D eigenvalue weighted by atomic mass is 32.1. The smallest absolute Gasteiger partial charge is 0.271 e. The number of nitrogens with one attached hydrogen (secondary N) is 1. The van der Waals surface area contributed by atoms with Gasteiger partial charge in [0.15, 0.2) is 0 Å². The third kappa shape index (κ3) is 2.08. The number of aryl methyl sites for hydroxylation is 1. The van der Waals surface area contributed by atoms with Crippen LogP contribution >= 0.6 is 11.3 Å². The van der Waals surface area contributed by atoms with Crippen molar-refractivity contribution in [1.82, 2.24) is 14.5 Å². The zero-order chi connectivity index (χ0) is 14.1. The Bertz CT molecular complexity index is 821. The van der Waals surface area contributed by atoms with Crippen LogP contribution in [0.1, 0.15) is 11.1 Å². The fourth-order valence-electron chi connectivity index (χ4n) is 2.15. The van der Waals surface area contributed by atoms with Gasteiger partial charge in [-0.1, -0.05) is 6.07 Å². The van der Waals surface area contributed by atoms with E-state index in [4.69, 9.17) is 0 Å². The second kappa shape index (κ2) is 5.05. The minimum Gasteiger partial charge on any atom is -0.373 e. The number of anilines is 1. The molecule has 6 heteroatoms. The first-order chi connectivity index (χ1) is 9.70. The lowest BCUT2D eigenvalue weighted by Gasteiger charge is -2.09. The number of hydrogen-bond donors (Lipinski definition) is 1. The van der Waals surface area contributed by atoms with Crippen molar-refractivity contribution in [2.45, 2.75) is 13.5 Å². The van der Waals surface area contributed by atoms with Gasteiger partial charge in [-0.25, -0.2) is 9.97 Å². The number of thiophene rings is 1. The van der Waals surface area contributed by atoms with Crippen molar-refractivity contribution in [2.24, 2.45) is 0 Å². The van der Waals surface area contributed by atoms with Crippen LogP contribution < -0.4 is 10.9 Å². The Kier molecular flexibility index (Phi) is 3.23. The van der Waals surface area contributed by atoms with Crippen LogP contribution in [0.2, 0.25) is 0 Å². The van der Waals surface area contributed by atoms with E-state index >= 15 is 0 Å². The maximum Gasteiger partial charge on any atom is 0.271 e. The largest absolute Gasteiger partial charge is 0.373 e. The number of pyridine rings is 1. The molecule has 3 aromatic rings. The van der Waals surface area contributed by atoms with Crippen molar-refractivity contribution >= 4 is 27.4 Å². The summed E-state index contributed by atoms with van der Waals surface area (Å²) >= 11 is 1.45. The number of rotatable bonds is 3. The molecule has 0 fully saturated rings. The van der Waals surface area contributed by atoms with Gasteiger partial charge in [-0.3, -0.25) is 9.36 Å². The Morgan fingerprint density at radius 1 is 1.40 bits per heavy atom. The summed E-state index contributed by atoms with van der Waals surface area (Å²) in [6.07, 6.45) is 3.33. The second-order valence-electron chi connectivity index (χ2n) is 4.54. The van der Waals surface area contributed by atoms with Crippen LogP contribution in [0.25, 0.3) is 10.2 Å². The Hall–Kier alpha value is -2.21. The molecule has 0 bridgehead atoms. The normalized spacial score (nSPS) is 10.9. The molecule has 3 rings (SSSR count). The fourth-order valence-corrected chi connectivity index (χ4v) is 3.10. The average molecular weight is 286 g/mol. The van der Waals surface area contributed by atoms with Crippen LogP contribution in [-0.4, -0.2) is 21.6 Å². The van der Waals surface area contributed by atoms with E-state index in [1.807, 2.05) is 31.5 Å². The molecule has 1 N–H and O–H groups in total. The molecule has 20 heavy (non-hydrogen) atoms. The molecule has 102 valence electrons. The highest BCUT2D eigenvalue weighted by Crippen LogP contribution is 2.20. The first-order valence-corrected chi connectivity index (χ1v) is 7.13. The Labute approximate surface area is 119 Å². The van der Waals surface area contributed by atoms with Gasteiger partial charge in [-0.2, -0.15) is 0 Å². The average Bonchev–Trinajstić information content (AvgIpc) is 2.85. The summed E-state index contributed by atoms with van der Waals surface area (Å²) in [6, 6.07) is 3.82. The monoisotopic (exact) mass is 286 g/mol. The van der Waals surface area contributed by atoms with Crippen molar-refractivity contribution in [1.29, 1.82) is 0 Å². The summed E-state index contributed by atoms with van der Waals surface area (Å²) in [5.41, 5.74) is 2.81. The highest BCUT2D eigenvalue weighted by Gasteiger charge is 2.10. The van der Waals surface area contributed by atoms with E-state index in [1.165, 1.54) is 11.3 Å². The highest BCUT2D eigenvalue weighted by molar-refractivity contribution is 7.17. The third-order valence-electron chi connectivity index (χ3n) is 3.19. The van der Waals surface area contributed by atoms with Gasteiger partial charge in [0.1, 0.15) is 10.5 Å². The Balaban J connectivity index is 2.07. The molecule has 0 spiro atoms. The molecule has 0 aliphatic rings. The predicted molar refractivity (Wildman–Crippen MR) is 81.5 cm³/mol. The zero-order valence-electron chi connectivity index (χ0n) is 11.3. The summed E-state index contributed by atoms with van der Waals surface area (Å²) in [4.78, 5) is 21.1. The first kappa shape index (κ1) is 12.8. The van der Waals surface area contributed by atoms with Crippen LogP contribution in [0.15, 0.2) is 34.8 Å². The number of fused-ring (bicyclic) bond motifs is 1. The Morgan fingerprint density at radius 3 is 3.05 bits per heavy atom. The molecule has 0 aromatic carbocycles. The molecule has 3 heterocycles. The van der Waals surface area contributed by atoms with Crippen molar-refractivity contribution in [2.75, 3.05) is 12.4 Å². The molecule has 0 saturated heterocycles. The van der Waals surface area contributed by atoms with Gasteiger partial charge in [0.25, 0.3) is 5.56 Å². The Morgan fingerprint density at radius 2 is 2.25 bits per heavy atom. The quantitative estimate of drug-likeness (QED) is 0.802. The van der Waals surface area contributed by atoms with Gasteiger partial charge in [0.05, 0.1) is 18.4 Å². The van der Waals surface area contributed by atoms with Crippen molar-refractivity contribution in [3.63, 3.8) is 0 Å². The predicted octanol–water partition coefficient (Wildman–Crippen LogP) is 2.25. The second-order valence-corrected chi connectivity index (χ2v) is 5.41. The van der Waals surface area contributed by atoms with Gasteiger partial charge in [-0.15, -0.1) is 11.3 Å². The third-order valence-corrected chi connectivity index (χ3v) is 4.27. The van der Waals surface area contributed by atoms with Crippen LogP contribution in [0.4, 0.5) is 5.82 Å². The van der Waals surface area contributed by atoms with Crippen molar-refractivity contribution in [3.8, 4) is 0 Å². The number of hydrogen-bond acceptors (Lipinski definition) is 5. The van der Waals surface area contributed by atoms with Crippen LogP contribution in [0, 0.1) is 6.92 Å². The molecule has 0 aliphatic heterocycles. The molecule has 0 aliphatic carbocycles. The molecule has 3 aromatic heterocycles. The summed E-state index contributed by atoms with van der Waals surface area (Å²) in [5, 5.41) is 5.00. The van der Waals surface area contributed by atoms with Gasteiger partial charge in [0, 0.05) is 18.8 Å². The van der Waals surface area contributed by atoms with Crippen LogP contribution in [0.5, 0.6) is 0 Å². The summed E-state index contributed by atoms with van der Waals surface area (Å²) in [6.45, 7) is 2.43. The van der Waals surface area contributed by atoms with Crippen LogP contribution in [0.3, 0.4) is 0 Å². The molecule has 0 saturated carbocycles. The van der Waals surface area contributed by atoms with Gasteiger partial charge >= 0.3 is 0 Å². The molecular weight excluding hydrogens is 272 g/mol. The van der Waals surface area contributed by atoms with E-state index in [-0.39, 0.29) is 5.56 Å². The minimum absolute atomic E-state index is 0.000920. The summed E-state index contributed by atoms with van der Waals surface area (Å²) < 4.78 is 2.33. The molecule has 0 radical (unpaired) electrons. The van der Waals surface area contributed by atoms with E-state index in [0.29, 0.717) is 11.2 Å². The van der Waals surface area contributed by atoms with Crippen LogP contribution in [-0.2, 0) is 6.54 Å². The summed E-state index contributed by atoms with van der Waals surface area (Å²) in [5.74, 6) is 0.779. The lowest BCUT2D eigenvalue weighted by Crippen LogP contribution is -2.21. The van der Waals surface area contributed by atoms with Gasteiger partial charge in [-0.05, 0) is 23.9 Å². The topological polar surface area (TPSA) is 59.8 Å². The minimum atomic E-state index is -0.000920. The molecular formula is C14H14N4OS. The molecule has 0 atom stereocenters. The number of aromatic nitrogens is 3. The van der Waals surface area contributed by atoms with E-state index in [0.717, 1.165) is 22.5 Å². The SMILES string of the molecule is CNc1ncccc1Cn1cnc2c(C)csc2c1=O. The fraction of sp³-hybridized carbons (Fsp3) is 0.214. The lowest BCUT2D eigenvalue weighted by molar-refractivity contribution is 0.748. The van der Waals surface area contributed by atoms with E-state index in [1.54, 1.807) is 17.1 Å². The summed E-state index contributed by atoms with van der Waals surface area (Å²) in [7, 11) is 1.82. The molecule has 0 amide bonds. The lowest BCUT2D eigenvalue weighted by atomic mass is 10.2. The van der Waals surface area contributed by atoms with Crippen molar-refractivity contribution < 1.29 is 0 Å². The zero-order valence-corrected chi connectivity index (χ0v) is 12.1. The van der Waals surface area contributed by atoms with E-state index in [9.17, 15) is 4.79 Å². The maximum atomic E-state index is 12.4. The standard InChI is InChI=1S/C14H14N4OS/c1-9-7-20-12-11(9)17-8-18(14(12)19)6-10-4-3-5-16-13(10)15-2/h3-5,7-8H,6H2,1-2H3,(H,15,16). The van der Waals surface area contributed by atoms with Crippen molar-refractivity contribution in [3.05, 3.63) is 51.5 Å². The first-order valence-electron chi connectivity index (χ1n) is 6.25. The van der Waals surface area contributed by atoms with Gasteiger partial charge in [0.2, 0.25) is 0 Å².